The molecule has 0 aliphatic carbocycles. The minimum atomic E-state index is -0.781. The topological polar surface area (TPSA) is 69.6 Å². The predicted molar refractivity (Wildman–Crippen MR) is 74.0 cm³/mol. The van der Waals surface area contributed by atoms with Crippen molar-refractivity contribution in [1.29, 1.82) is 0 Å². The maximum absolute atomic E-state index is 12.2. The number of carbonyl (C=O) groups excluding carboxylic acids is 1. The molecule has 1 rings (SSSR count). The normalized spacial score (nSPS) is 16.3. The molecular weight excluding hydrogens is 244 g/mol. The first kappa shape index (κ1) is 16.0. The number of hydrogen-bond donors (Lipinski definition) is 2. The quantitative estimate of drug-likeness (QED) is 0.658. The number of amides is 1. The van der Waals surface area contributed by atoms with Gasteiger partial charge in [0.2, 0.25) is 5.91 Å². The van der Waals surface area contributed by atoms with E-state index >= 15 is 0 Å². The molecule has 19 heavy (non-hydrogen) atoms. The molecule has 5 heteroatoms. The molecule has 0 unspecified atom stereocenters. The van der Waals surface area contributed by atoms with E-state index in [-0.39, 0.29) is 12.3 Å². The van der Waals surface area contributed by atoms with Crippen molar-refractivity contribution in [2.75, 3.05) is 19.6 Å². The van der Waals surface area contributed by atoms with Gasteiger partial charge in [0.25, 0.3) is 0 Å². The van der Waals surface area contributed by atoms with Crippen LogP contribution in [-0.2, 0) is 9.59 Å². The van der Waals surface area contributed by atoms with Gasteiger partial charge in [0.05, 0.1) is 0 Å². The van der Waals surface area contributed by atoms with Crippen molar-refractivity contribution in [3.63, 3.8) is 0 Å². The summed E-state index contributed by atoms with van der Waals surface area (Å²) in [6.07, 6.45) is 4.95. The highest BCUT2D eigenvalue weighted by molar-refractivity contribution is 5.76. The van der Waals surface area contributed by atoms with E-state index in [0.717, 1.165) is 38.9 Å². The van der Waals surface area contributed by atoms with Gasteiger partial charge in [0.1, 0.15) is 0 Å². The van der Waals surface area contributed by atoms with Crippen molar-refractivity contribution in [3.8, 4) is 0 Å². The molecule has 1 saturated heterocycles. The van der Waals surface area contributed by atoms with Crippen LogP contribution in [0.5, 0.6) is 0 Å². The lowest BCUT2D eigenvalue weighted by atomic mass is 10.0. The first-order valence-corrected chi connectivity index (χ1v) is 7.37. The summed E-state index contributed by atoms with van der Waals surface area (Å²) in [6.45, 7) is 4.88. The van der Waals surface area contributed by atoms with Crippen LogP contribution in [0, 0.1) is 0 Å². The zero-order chi connectivity index (χ0) is 14.1. The van der Waals surface area contributed by atoms with Crippen molar-refractivity contribution in [2.24, 2.45) is 0 Å². The number of carboxylic acid groups (broad SMARTS) is 1. The summed E-state index contributed by atoms with van der Waals surface area (Å²) in [7, 11) is 0. The molecular formula is C14H26N2O3. The number of nitrogens with zero attached hydrogens (tertiary/aromatic N) is 1. The Kier molecular flexibility index (Phi) is 7.48. The Morgan fingerprint density at radius 2 is 1.84 bits per heavy atom. The predicted octanol–water partition coefficient (Wildman–Crippen LogP) is 1.62. The molecule has 0 aromatic carbocycles. The van der Waals surface area contributed by atoms with E-state index in [1.807, 2.05) is 4.90 Å². The molecule has 0 atom stereocenters. The van der Waals surface area contributed by atoms with Crippen LogP contribution in [0.4, 0.5) is 0 Å². The van der Waals surface area contributed by atoms with Crippen LogP contribution in [0.2, 0.25) is 0 Å². The Bertz CT molecular complexity index is 288. The van der Waals surface area contributed by atoms with Crippen molar-refractivity contribution in [1.82, 2.24) is 10.2 Å². The van der Waals surface area contributed by atoms with Gasteiger partial charge in [-0.25, -0.2) is 0 Å². The van der Waals surface area contributed by atoms with Gasteiger partial charge in [0, 0.05) is 25.4 Å². The highest BCUT2D eigenvalue weighted by atomic mass is 16.4. The lowest BCUT2D eigenvalue weighted by molar-refractivity contribution is -0.138. The van der Waals surface area contributed by atoms with Gasteiger partial charge in [0.15, 0.2) is 0 Å². The average molecular weight is 270 g/mol. The van der Waals surface area contributed by atoms with E-state index in [0.29, 0.717) is 25.3 Å². The number of hydrogen-bond acceptors (Lipinski definition) is 3. The summed E-state index contributed by atoms with van der Waals surface area (Å²) in [5, 5.41) is 11.9. The summed E-state index contributed by atoms with van der Waals surface area (Å²) >= 11 is 0. The molecule has 1 fully saturated rings. The van der Waals surface area contributed by atoms with E-state index in [9.17, 15) is 9.59 Å². The van der Waals surface area contributed by atoms with Gasteiger partial charge >= 0.3 is 5.97 Å². The maximum Gasteiger partial charge on any atom is 0.303 e. The van der Waals surface area contributed by atoms with Crippen molar-refractivity contribution < 1.29 is 14.7 Å². The summed E-state index contributed by atoms with van der Waals surface area (Å²) in [4.78, 5) is 24.7. The fourth-order valence-electron chi connectivity index (χ4n) is 2.57. The van der Waals surface area contributed by atoms with Gasteiger partial charge in [-0.15, -0.1) is 0 Å². The number of rotatable bonds is 8. The second-order valence-corrected chi connectivity index (χ2v) is 5.17. The molecule has 0 aromatic rings. The molecule has 2 N–H and O–H groups in total. The van der Waals surface area contributed by atoms with Crippen molar-refractivity contribution >= 4 is 11.9 Å². The average Bonchev–Trinajstić information content (AvgIpc) is 2.41. The highest BCUT2D eigenvalue weighted by Crippen LogP contribution is 2.15. The molecule has 0 spiro atoms. The highest BCUT2D eigenvalue weighted by Gasteiger charge is 2.23. The number of aliphatic carboxylic acids is 1. The fraction of sp³-hybridized carbons (Fsp3) is 0.857. The Labute approximate surface area is 115 Å². The smallest absolute Gasteiger partial charge is 0.303 e. The van der Waals surface area contributed by atoms with Crippen LogP contribution in [0.3, 0.4) is 0 Å². The Hall–Kier alpha value is -1.10. The standard InChI is InChI=1S/C14H26N2O3/c1-2-11-16(12-7-9-15-10-8-12)13(17)5-3-4-6-14(18)19/h12,15H,2-11H2,1H3,(H,18,19). The van der Waals surface area contributed by atoms with Crippen LogP contribution < -0.4 is 5.32 Å². The van der Waals surface area contributed by atoms with Crippen LogP contribution >= 0.6 is 0 Å². The molecule has 0 bridgehead atoms. The first-order chi connectivity index (χ1) is 9.15. The lowest BCUT2D eigenvalue weighted by Gasteiger charge is -2.34. The van der Waals surface area contributed by atoms with Crippen molar-refractivity contribution in [3.05, 3.63) is 0 Å². The molecule has 0 saturated carbocycles. The zero-order valence-electron chi connectivity index (χ0n) is 11.9. The molecule has 0 radical (unpaired) electrons. The molecule has 1 amide bonds. The number of carboxylic acids is 1. The Morgan fingerprint density at radius 1 is 1.21 bits per heavy atom. The molecule has 0 aromatic heterocycles. The summed E-state index contributed by atoms with van der Waals surface area (Å²) in [6, 6.07) is 0.369. The maximum atomic E-state index is 12.2. The summed E-state index contributed by atoms with van der Waals surface area (Å²) < 4.78 is 0. The van der Waals surface area contributed by atoms with Crippen LogP contribution in [-0.4, -0.2) is 47.6 Å². The van der Waals surface area contributed by atoms with Gasteiger partial charge < -0.3 is 15.3 Å². The summed E-state index contributed by atoms with van der Waals surface area (Å²) in [5.74, 6) is -0.588. The van der Waals surface area contributed by atoms with Crippen LogP contribution in [0.1, 0.15) is 51.9 Å². The van der Waals surface area contributed by atoms with Gasteiger partial charge in [-0.3, -0.25) is 9.59 Å². The number of piperidine rings is 1. The van der Waals surface area contributed by atoms with Crippen LogP contribution in [0.25, 0.3) is 0 Å². The monoisotopic (exact) mass is 270 g/mol. The third-order valence-electron chi connectivity index (χ3n) is 3.57. The van der Waals surface area contributed by atoms with E-state index in [2.05, 4.69) is 12.2 Å². The largest absolute Gasteiger partial charge is 0.481 e. The lowest BCUT2D eigenvalue weighted by Crippen LogP contribution is -2.46. The Morgan fingerprint density at radius 3 is 2.42 bits per heavy atom. The molecule has 1 aliphatic heterocycles. The minimum absolute atomic E-state index is 0.161. The van der Waals surface area contributed by atoms with Crippen molar-refractivity contribution in [2.45, 2.75) is 57.9 Å². The zero-order valence-corrected chi connectivity index (χ0v) is 11.9. The van der Waals surface area contributed by atoms with E-state index < -0.39 is 5.97 Å². The number of nitrogens with one attached hydrogen (secondary N) is 1. The summed E-state index contributed by atoms with van der Waals surface area (Å²) in [5.41, 5.74) is 0. The third-order valence-corrected chi connectivity index (χ3v) is 3.57. The molecule has 110 valence electrons. The number of unbranched alkanes of at least 4 members (excludes halogenated alkanes) is 1. The molecule has 1 heterocycles. The second kappa shape index (κ2) is 8.91. The fourth-order valence-corrected chi connectivity index (χ4v) is 2.57. The van der Waals surface area contributed by atoms with Gasteiger partial charge in [-0.1, -0.05) is 6.92 Å². The second-order valence-electron chi connectivity index (χ2n) is 5.17. The Balaban J connectivity index is 2.36. The molecule has 1 aliphatic rings. The first-order valence-electron chi connectivity index (χ1n) is 7.37. The minimum Gasteiger partial charge on any atom is -0.481 e. The SMILES string of the molecule is CCCN(C(=O)CCCCC(=O)O)C1CCNCC1. The van der Waals surface area contributed by atoms with Gasteiger partial charge in [-0.2, -0.15) is 0 Å². The van der Waals surface area contributed by atoms with E-state index in [1.54, 1.807) is 0 Å². The van der Waals surface area contributed by atoms with Gasteiger partial charge in [-0.05, 0) is 45.2 Å². The van der Waals surface area contributed by atoms with E-state index in [1.165, 1.54) is 0 Å². The third kappa shape index (κ3) is 6.05. The molecule has 5 nitrogen and oxygen atoms in total. The van der Waals surface area contributed by atoms with Crippen LogP contribution in [0.15, 0.2) is 0 Å². The number of carbonyl (C=O) groups is 2. The van der Waals surface area contributed by atoms with E-state index in [4.69, 9.17) is 5.11 Å².